The van der Waals surface area contributed by atoms with Crippen LogP contribution in [-0.2, 0) is 13.0 Å². The molecule has 21 heavy (non-hydrogen) atoms. The molecule has 1 unspecified atom stereocenters. The molecule has 0 saturated carbocycles. The number of anilines is 1. The summed E-state index contributed by atoms with van der Waals surface area (Å²) in [4.78, 5) is 2.56. The van der Waals surface area contributed by atoms with Crippen LogP contribution >= 0.6 is 15.9 Å². The molecule has 0 aromatic heterocycles. The lowest BCUT2D eigenvalue weighted by Gasteiger charge is -2.36. The van der Waals surface area contributed by atoms with Gasteiger partial charge in [-0.25, -0.2) is 0 Å². The predicted molar refractivity (Wildman–Crippen MR) is 92.1 cm³/mol. The normalized spacial score (nSPS) is 16.5. The molecule has 110 valence electrons. The van der Waals surface area contributed by atoms with Crippen LogP contribution in [0.15, 0.2) is 46.9 Å². The standard InChI is InChI=1S/C18H21BrN2/c1-2-18(14-6-8-15(19)9-7-14)21-11-10-13-4-3-5-17(20)16(13)12-21/h3-9,18H,2,10-12,20H2,1H3. The minimum atomic E-state index is 0.464. The van der Waals surface area contributed by atoms with Gasteiger partial charge in [-0.1, -0.05) is 47.1 Å². The number of fused-ring (bicyclic) bond motifs is 1. The third kappa shape index (κ3) is 2.99. The summed E-state index contributed by atoms with van der Waals surface area (Å²) in [5.41, 5.74) is 11.2. The van der Waals surface area contributed by atoms with Gasteiger partial charge in [-0.2, -0.15) is 0 Å². The largest absolute Gasteiger partial charge is 0.398 e. The van der Waals surface area contributed by atoms with Gasteiger partial charge in [0.25, 0.3) is 0 Å². The zero-order valence-electron chi connectivity index (χ0n) is 12.3. The van der Waals surface area contributed by atoms with Gasteiger partial charge >= 0.3 is 0 Å². The third-order valence-corrected chi connectivity index (χ3v) is 4.95. The van der Waals surface area contributed by atoms with Crippen LogP contribution in [0.25, 0.3) is 0 Å². The van der Waals surface area contributed by atoms with Crippen molar-refractivity contribution in [3.05, 3.63) is 63.6 Å². The first kappa shape index (κ1) is 14.6. The number of hydrogen-bond donors (Lipinski definition) is 1. The fourth-order valence-electron chi connectivity index (χ4n) is 3.28. The smallest absolute Gasteiger partial charge is 0.0362 e. The van der Waals surface area contributed by atoms with Gasteiger partial charge in [0.15, 0.2) is 0 Å². The number of nitrogens with two attached hydrogens (primary N) is 1. The van der Waals surface area contributed by atoms with Crippen molar-refractivity contribution in [2.24, 2.45) is 0 Å². The van der Waals surface area contributed by atoms with E-state index in [1.165, 1.54) is 16.7 Å². The van der Waals surface area contributed by atoms with Crippen LogP contribution in [0.1, 0.15) is 36.1 Å². The highest BCUT2D eigenvalue weighted by Gasteiger charge is 2.24. The van der Waals surface area contributed by atoms with E-state index in [0.29, 0.717) is 6.04 Å². The summed E-state index contributed by atoms with van der Waals surface area (Å²) in [6.45, 7) is 4.32. The molecule has 3 heteroatoms. The quantitative estimate of drug-likeness (QED) is 0.828. The highest BCUT2D eigenvalue weighted by Crippen LogP contribution is 2.32. The molecule has 3 rings (SSSR count). The molecule has 1 aliphatic heterocycles. The van der Waals surface area contributed by atoms with E-state index in [9.17, 15) is 0 Å². The van der Waals surface area contributed by atoms with Crippen molar-refractivity contribution in [1.29, 1.82) is 0 Å². The molecular formula is C18H21BrN2. The Hall–Kier alpha value is -1.32. The van der Waals surface area contributed by atoms with E-state index in [1.807, 2.05) is 6.07 Å². The zero-order chi connectivity index (χ0) is 14.8. The highest BCUT2D eigenvalue weighted by molar-refractivity contribution is 9.10. The van der Waals surface area contributed by atoms with Crippen molar-refractivity contribution in [3.8, 4) is 0 Å². The van der Waals surface area contributed by atoms with E-state index < -0.39 is 0 Å². The van der Waals surface area contributed by atoms with Gasteiger partial charge in [0, 0.05) is 29.3 Å². The Bertz CT molecular complexity index is 622. The fourth-order valence-corrected chi connectivity index (χ4v) is 3.55. The molecule has 0 spiro atoms. The summed E-state index contributed by atoms with van der Waals surface area (Å²) in [7, 11) is 0. The maximum atomic E-state index is 6.17. The van der Waals surface area contributed by atoms with Crippen molar-refractivity contribution in [3.63, 3.8) is 0 Å². The monoisotopic (exact) mass is 344 g/mol. The summed E-state index contributed by atoms with van der Waals surface area (Å²) < 4.78 is 1.13. The second-order valence-electron chi connectivity index (χ2n) is 5.68. The van der Waals surface area contributed by atoms with Crippen molar-refractivity contribution in [1.82, 2.24) is 4.90 Å². The predicted octanol–water partition coefficient (Wildman–Crippen LogP) is 4.54. The lowest BCUT2D eigenvalue weighted by molar-refractivity contribution is 0.175. The second kappa shape index (κ2) is 6.20. The Labute approximate surface area is 135 Å². The van der Waals surface area contributed by atoms with Crippen LogP contribution in [0.4, 0.5) is 5.69 Å². The number of hydrogen-bond acceptors (Lipinski definition) is 2. The fraction of sp³-hybridized carbons (Fsp3) is 0.333. The third-order valence-electron chi connectivity index (χ3n) is 4.42. The number of halogens is 1. The van der Waals surface area contributed by atoms with Crippen LogP contribution in [-0.4, -0.2) is 11.4 Å². The van der Waals surface area contributed by atoms with Gasteiger partial charge in [-0.15, -0.1) is 0 Å². The van der Waals surface area contributed by atoms with Gasteiger partial charge in [0.1, 0.15) is 0 Å². The van der Waals surface area contributed by atoms with Crippen LogP contribution in [0, 0.1) is 0 Å². The Morgan fingerprint density at radius 1 is 1.19 bits per heavy atom. The van der Waals surface area contributed by atoms with Crippen LogP contribution in [0.3, 0.4) is 0 Å². The van der Waals surface area contributed by atoms with Crippen molar-refractivity contribution in [2.75, 3.05) is 12.3 Å². The van der Waals surface area contributed by atoms with Gasteiger partial charge in [0.2, 0.25) is 0 Å². The Kier molecular flexibility index (Phi) is 4.32. The van der Waals surface area contributed by atoms with Crippen LogP contribution in [0.2, 0.25) is 0 Å². The Balaban J connectivity index is 1.86. The van der Waals surface area contributed by atoms with Crippen molar-refractivity contribution in [2.45, 2.75) is 32.4 Å². The molecule has 2 N–H and O–H groups in total. The van der Waals surface area contributed by atoms with E-state index in [0.717, 1.165) is 36.1 Å². The van der Waals surface area contributed by atoms with Crippen LogP contribution in [0.5, 0.6) is 0 Å². The zero-order valence-corrected chi connectivity index (χ0v) is 13.9. The molecule has 2 aromatic carbocycles. The Morgan fingerprint density at radius 3 is 2.67 bits per heavy atom. The minimum absolute atomic E-state index is 0.464. The lowest BCUT2D eigenvalue weighted by Crippen LogP contribution is -2.34. The molecule has 0 amide bonds. The molecule has 1 heterocycles. The minimum Gasteiger partial charge on any atom is -0.398 e. The van der Waals surface area contributed by atoms with Gasteiger partial charge < -0.3 is 5.73 Å². The van der Waals surface area contributed by atoms with E-state index >= 15 is 0 Å². The van der Waals surface area contributed by atoms with Crippen molar-refractivity contribution >= 4 is 21.6 Å². The van der Waals surface area contributed by atoms with E-state index in [4.69, 9.17) is 5.73 Å². The average Bonchev–Trinajstić information content (AvgIpc) is 2.51. The van der Waals surface area contributed by atoms with Crippen molar-refractivity contribution < 1.29 is 0 Å². The molecule has 1 aliphatic rings. The molecule has 2 nitrogen and oxygen atoms in total. The number of rotatable bonds is 3. The summed E-state index contributed by atoms with van der Waals surface area (Å²) in [5, 5.41) is 0. The first-order chi connectivity index (χ1) is 10.2. The van der Waals surface area contributed by atoms with Gasteiger partial charge in [-0.3, -0.25) is 4.90 Å². The molecule has 0 fully saturated rings. The summed E-state index contributed by atoms with van der Waals surface area (Å²) in [5.74, 6) is 0. The summed E-state index contributed by atoms with van der Waals surface area (Å²) in [6, 6.07) is 15.5. The van der Waals surface area contributed by atoms with E-state index in [2.05, 4.69) is 64.2 Å². The van der Waals surface area contributed by atoms with E-state index in [-0.39, 0.29) is 0 Å². The van der Waals surface area contributed by atoms with Gasteiger partial charge in [-0.05, 0) is 47.7 Å². The van der Waals surface area contributed by atoms with Crippen LogP contribution < -0.4 is 5.73 Å². The molecule has 0 bridgehead atoms. The molecule has 1 atom stereocenters. The lowest BCUT2D eigenvalue weighted by atomic mass is 9.94. The maximum absolute atomic E-state index is 6.17. The molecule has 0 aliphatic carbocycles. The molecule has 2 aromatic rings. The van der Waals surface area contributed by atoms with Gasteiger partial charge in [0.05, 0.1) is 0 Å². The summed E-state index contributed by atoms with van der Waals surface area (Å²) in [6.07, 6.45) is 2.21. The Morgan fingerprint density at radius 2 is 1.95 bits per heavy atom. The SMILES string of the molecule is CCC(c1ccc(Br)cc1)N1CCc2cccc(N)c2C1. The average molecular weight is 345 g/mol. The maximum Gasteiger partial charge on any atom is 0.0362 e. The number of benzene rings is 2. The molecule has 0 radical (unpaired) electrons. The first-order valence-corrected chi connectivity index (χ1v) is 8.34. The molecular weight excluding hydrogens is 324 g/mol. The highest BCUT2D eigenvalue weighted by atomic mass is 79.9. The topological polar surface area (TPSA) is 29.3 Å². The second-order valence-corrected chi connectivity index (χ2v) is 6.60. The summed E-state index contributed by atoms with van der Waals surface area (Å²) >= 11 is 3.51. The molecule has 0 saturated heterocycles. The van der Waals surface area contributed by atoms with E-state index in [1.54, 1.807) is 0 Å². The first-order valence-electron chi connectivity index (χ1n) is 7.54. The number of nitrogens with zero attached hydrogens (tertiary/aromatic N) is 1. The number of nitrogen functional groups attached to an aromatic ring is 1.